The van der Waals surface area contributed by atoms with Gasteiger partial charge in [0.25, 0.3) is 0 Å². The van der Waals surface area contributed by atoms with Gasteiger partial charge in [0.2, 0.25) is 5.95 Å². The molecule has 10 heteroatoms. The largest absolute Gasteiger partial charge is 0.324 e. The highest BCUT2D eigenvalue weighted by molar-refractivity contribution is 7.92. The third kappa shape index (κ3) is 4.32. The number of nitrogens with one attached hydrogen (secondary N) is 1. The molecule has 3 aromatic heterocycles. The van der Waals surface area contributed by atoms with Crippen molar-refractivity contribution < 1.29 is 4.21 Å². The minimum Gasteiger partial charge on any atom is -0.324 e. The molecule has 1 aromatic carbocycles. The fraction of sp³-hybridized carbons (Fsp3) is 0.273. The molecule has 0 aliphatic carbocycles. The predicted octanol–water partition coefficient (Wildman–Crippen LogP) is 3.30. The van der Waals surface area contributed by atoms with E-state index in [4.69, 9.17) is 0 Å². The Labute approximate surface area is 186 Å². The third-order valence-corrected chi connectivity index (χ3v) is 5.85. The maximum absolute atomic E-state index is 12.0. The van der Waals surface area contributed by atoms with E-state index in [0.29, 0.717) is 23.2 Å². The topological polar surface area (TPSA) is 101 Å². The normalized spacial score (nSPS) is 14.3. The summed E-state index contributed by atoms with van der Waals surface area (Å²) in [6.45, 7) is 2.03. The van der Waals surface area contributed by atoms with E-state index in [2.05, 4.69) is 59.9 Å². The number of aromatic nitrogens is 5. The minimum atomic E-state index is -2.31. The number of fused-ring (bicyclic) bond motifs is 2. The van der Waals surface area contributed by atoms with Gasteiger partial charge in [-0.15, -0.1) is 0 Å². The second-order valence-corrected chi connectivity index (χ2v) is 10.8. The van der Waals surface area contributed by atoms with Crippen LogP contribution in [0.4, 0.5) is 17.5 Å². The lowest BCUT2D eigenvalue weighted by Gasteiger charge is -2.25. The summed E-state index contributed by atoms with van der Waals surface area (Å²) in [6, 6.07) is 11.7. The molecule has 1 N–H and O–H groups in total. The molecule has 0 saturated heterocycles. The Morgan fingerprint density at radius 2 is 1.97 bits per heavy atom. The van der Waals surface area contributed by atoms with Crippen molar-refractivity contribution in [1.29, 1.82) is 0 Å². The van der Waals surface area contributed by atoms with E-state index in [1.54, 1.807) is 35.7 Å². The van der Waals surface area contributed by atoms with Crippen molar-refractivity contribution in [1.82, 2.24) is 29.6 Å². The van der Waals surface area contributed by atoms with Crippen molar-refractivity contribution in [3.05, 3.63) is 59.9 Å². The van der Waals surface area contributed by atoms with Crippen LogP contribution < -0.4 is 5.32 Å². The minimum absolute atomic E-state index is 0.397. The number of hydrogen-bond acceptors (Lipinski definition) is 8. The Morgan fingerprint density at radius 1 is 1.09 bits per heavy atom. The maximum atomic E-state index is 12.0. The van der Waals surface area contributed by atoms with E-state index in [1.807, 2.05) is 12.1 Å². The van der Waals surface area contributed by atoms with Crippen molar-refractivity contribution in [3.63, 3.8) is 0 Å². The lowest BCUT2D eigenvalue weighted by atomic mass is 9.99. The van der Waals surface area contributed by atoms with Gasteiger partial charge in [0, 0.05) is 47.2 Å². The highest BCUT2D eigenvalue weighted by Gasteiger charge is 2.14. The summed E-state index contributed by atoms with van der Waals surface area (Å²) in [5, 5.41) is 8.53. The average Bonchev–Trinajstić information content (AvgIpc) is 3.16. The first-order valence-electron chi connectivity index (χ1n) is 10.3. The van der Waals surface area contributed by atoms with Gasteiger partial charge in [0.05, 0.1) is 11.6 Å². The van der Waals surface area contributed by atoms with Gasteiger partial charge < -0.3 is 10.2 Å². The van der Waals surface area contributed by atoms with Gasteiger partial charge in [-0.2, -0.15) is 19.1 Å². The lowest BCUT2D eigenvalue weighted by molar-refractivity contribution is 0.313. The van der Waals surface area contributed by atoms with Crippen molar-refractivity contribution in [2.75, 3.05) is 31.4 Å². The van der Waals surface area contributed by atoms with Crippen LogP contribution in [0.5, 0.6) is 0 Å². The molecule has 0 amide bonds. The summed E-state index contributed by atoms with van der Waals surface area (Å²) in [7, 11) is -0.170. The van der Waals surface area contributed by atoms with Crippen LogP contribution in [-0.4, -0.2) is 59.9 Å². The smallest absolute Gasteiger partial charge is 0.229 e. The molecule has 0 radical (unpaired) electrons. The van der Waals surface area contributed by atoms with Gasteiger partial charge in [0.15, 0.2) is 17.3 Å². The average molecular weight is 449 g/mol. The van der Waals surface area contributed by atoms with Gasteiger partial charge in [-0.3, -0.25) is 0 Å². The van der Waals surface area contributed by atoms with E-state index >= 15 is 0 Å². The number of rotatable bonds is 4. The predicted molar refractivity (Wildman–Crippen MR) is 126 cm³/mol. The monoisotopic (exact) mass is 448 g/mol. The number of benzene rings is 1. The van der Waals surface area contributed by atoms with Crippen molar-refractivity contribution in [3.8, 4) is 5.82 Å². The molecule has 0 bridgehead atoms. The Balaban J connectivity index is 1.47. The Morgan fingerprint density at radius 3 is 2.81 bits per heavy atom. The molecule has 4 aromatic rings. The molecular weight excluding hydrogens is 424 g/mol. The zero-order chi connectivity index (χ0) is 22.3. The number of nitrogens with zero attached hydrogens (tertiary/aromatic N) is 7. The molecule has 164 valence electrons. The lowest BCUT2D eigenvalue weighted by Crippen LogP contribution is -2.26. The molecule has 5 rings (SSSR count). The number of anilines is 2. The van der Waals surface area contributed by atoms with Gasteiger partial charge in [-0.1, -0.05) is 12.1 Å². The Hall–Kier alpha value is -3.37. The zero-order valence-electron chi connectivity index (χ0n) is 18.2. The highest BCUT2D eigenvalue weighted by atomic mass is 32.2. The zero-order valence-corrected chi connectivity index (χ0v) is 19.0. The van der Waals surface area contributed by atoms with E-state index in [-0.39, 0.29) is 0 Å². The number of pyridine rings is 1. The van der Waals surface area contributed by atoms with Crippen LogP contribution in [0, 0.1) is 0 Å². The molecular formula is C22H24N8OS. The summed E-state index contributed by atoms with van der Waals surface area (Å²) < 4.78 is 17.8. The molecule has 32 heavy (non-hydrogen) atoms. The first-order valence-corrected chi connectivity index (χ1v) is 12.6. The summed E-state index contributed by atoms with van der Waals surface area (Å²) >= 11 is 0. The highest BCUT2D eigenvalue weighted by Crippen LogP contribution is 2.24. The van der Waals surface area contributed by atoms with Crippen LogP contribution in [0.1, 0.15) is 11.1 Å². The van der Waals surface area contributed by atoms with Gasteiger partial charge in [-0.25, -0.2) is 14.2 Å². The van der Waals surface area contributed by atoms with E-state index in [9.17, 15) is 4.21 Å². The Bertz CT molecular complexity index is 1430. The number of likely N-dealkylation sites (N-methyl/N-ethyl adjacent to an activating group) is 1. The van der Waals surface area contributed by atoms with Crippen LogP contribution >= 0.6 is 0 Å². The third-order valence-electron chi connectivity index (χ3n) is 5.22. The molecule has 0 fully saturated rings. The molecule has 4 heterocycles. The van der Waals surface area contributed by atoms with Crippen molar-refractivity contribution >= 4 is 38.2 Å². The van der Waals surface area contributed by atoms with Crippen LogP contribution in [0.3, 0.4) is 0 Å². The van der Waals surface area contributed by atoms with Crippen LogP contribution in [-0.2, 0) is 22.7 Å². The molecule has 0 unspecified atom stereocenters. The first kappa shape index (κ1) is 20.5. The van der Waals surface area contributed by atoms with Gasteiger partial charge in [-0.05, 0) is 48.9 Å². The fourth-order valence-electron chi connectivity index (χ4n) is 3.75. The summed E-state index contributed by atoms with van der Waals surface area (Å²) in [6.07, 6.45) is 7.62. The molecule has 1 aliphatic rings. The quantitative estimate of drug-likeness (QED) is 0.511. The van der Waals surface area contributed by atoms with E-state index in [1.165, 1.54) is 11.1 Å². The Kier molecular flexibility index (Phi) is 5.10. The SMILES string of the molecule is CN1CCc2cc(Nc3ncc4cnn(-c5cccc(N=S(C)(C)=O)n5)c4n3)ccc2C1. The van der Waals surface area contributed by atoms with Crippen LogP contribution in [0.15, 0.2) is 53.2 Å². The van der Waals surface area contributed by atoms with Crippen molar-refractivity contribution in [2.45, 2.75) is 13.0 Å². The molecule has 9 nitrogen and oxygen atoms in total. The second kappa shape index (κ2) is 7.95. The summed E-state index contributed by atoms with van der Waals surface area (Å²) in [4.78, 5) is 15.9. The number of hydrogen-bond donors (Lipinski definition) is 1. The van der Waals surface area contributed by atoms with Gasteiger partial charge in [0.1, 0.15) is 0 Å². The molecule has 0 saturated carbocycles. The second-order valence-electron chi connectivity index (χ2n) is 8.25. The van der Waals surface area contributed by atoms with Crippen LogP contribution in [0.25, 0.3) is 16.9 Å². The summed E-state index contributed by atoms with van der Waals surface area (Å²) in [5.41, 5.74) is 4.30. The molecule has 1 aliphatic heterocycles. The van der Waals surface area contributed by atoms with Crippen molar-refractivity contribution in [2.24, 2.45) is 4.36 Å². The standard InChI is InChI=1S/C22H24N8OS/c1-29-10-9-15-11-18(8-7-16(15)14-29)25-22-23-12-17-13-24-30(21(17)27-22)20-6-4-5-19(26-20)28-32(2,3)31/h4-8,11-13H,9-10,14H2,1-3H3,(H,23,25,27). The van der Waals surface area contributed by atoms with Gasteiger partial charge >= 0.3 is 0 Å². The summed E-state index contributed by atoms with van der Waals surface area (Å²) in [5.74, 6) is 1.43. The molecule has 0 atom stereocenters. The van der Waals surface area contributed by atoms with E-state index < -0.39 is 9.73 Å². The fourth-order valence-corrected chi connectivity index (χ4v) is 4.30. The van der Waals surface area contributed by atoms with E-state index in [0.717, 1.165) is 30.6 Å². The maximum Gasteiger partial charge on any atom is 0.229 e. The van der Waals surface area contributed by atoms with Crippen LogP contribution in [0.2, 0.25) is 0 Å². The molecule has 0 spiro atoms. The first-order chi connectivity index (χ1) is 15.3.